The first kappa shape index (κ1) is 31.3. The third-order valence-electron chi connectivity index (χ3n) is 6.62. The molecule has 5 aromatic rings. The number of hydrogen-bond acceptors (Lipinski definition) is 5. The van der Waals surface area contributed by atoms with E-state index in [9.17, 15) is 14.4 Å². The van der Waals surface area contributed by atoms with Crippen LogP contribution in [0, 0.1) is 0 Å². The van der Waals surface area contributed by atoms with E-state index in [-0.39, 0.29) is 17.2 Å². The Kier molecular flexibility index (Phi) is 10.8. The topological polar surface area (TPSA) is 84.5 Å². The SMILES string of the molecule is O=C(Nc1ccc(SCC(=O)c2ccc(Cl)cc2)cc1)/C(=C/c1ccc(OCc2ccccc2)cc1)NC(=O)c1ccccc1. The van der Waals surface area contributed by atoms with Crippen LogP contribution in [0.2, 0.25) is 5.02 Å². The Balaban J connectivity index is 1.25. The number of ketones is 1. The van der Waals surface area contributed by atoms with Crippen LogP contribution >= 0.6 is 23.4 Å². The molecule has 224 valence electrons. The molecule has 0 aliphatic rings. The highest BCUT2D eigenvalue weighted by molar-refractivity contribution is 8.00. The van der Waals surface area contributed by atoms with Crippen LogP contribution in [0.5, 0.6) is 5.75 Å². The Hall–Kier alpha value is -5.11. The molecule has 6 nitrogen and oxygen atoms in total. The minimum absolute atomic E-state index is 0.00577. The van der Waals surface area contributed by atoms with Crippen LogP contribution < -0.4 is 15.4 Å². The van der Waals surface area contributed by atoms with Gasteiger partial charge in [-0.3, -0.25) is 14.4 Å². The third kappa shape index (κ3) is 9.44. The van der Waals surface area contributed by atoms with E-state index in [2.05, 4.69) is 10.6 Å². The second-order valence-electron chi connectivity index (χ2n) is 9.92. The van der Waals surface area contributed by atoms with Gasteiger partial charge in [-0.2, -0.15) is 0 Å². The number of carbonyl (C=O) groups is 3. The van der Waals surface area contributed by atoms with E-state index in [4.69, 9.17) is 16.3 Å². The van der Waals surface area contributed by atoms with Gasteiger partial charge in [0.2, 0.25) is 0 Å². The normalized spacial score (nSPS) is 11.0. The number of ether oxygens (including phenoxy) is 1. The van der Waals surface area contributed by atoms with E-state index in [0.717, 1.165) is 10.5 Å². The fourth-order valence-corrected chi connectivity index (χ4v) is 5.13. The van der Waals surface area contributed by atoms with Gasteiger partial charge in [-0.15, -0.1) is 11.8 Å². The summed E-state index contributed by atoms with van der Waals surface area (Å²) in [5, 5.41) is 6.19. The van der Waals surface area contributed by atoms with Gasteiger partial charge in [0, 0.05) is 26.7 Å². The number of nitrogens with one attached hydrogen (secondary N) is 2. The minimum atomic E-state index is -0.484. The van der Waals surface area contributed by atoms with Gasteiger partial charge in [-0.05, 0) is 90.0 Å². The number of rotatable bonds is 12. The van der Waals surface area contributed by atoms with Gasteiger partial charge in [0.1, 0.15) is 18.1 Å². The van der Waals surface area contributed by atoms with Gasteiger partial charge in [-0.25, -0.2) is 0 Å². The molecule has 0 fully saturated rings. The molecule has 8 heteroatoms. The van der Waals surface area contributed by atoms with E-state index >= 15 is 0 Å². The highest BCUT2D eigenvalue weighted by Gasteiger charge is 2.15. The molecule has 0 saturated heterocycles. The lowest BCUT2D eigenvalue weighted by Gasteiger charge is -2.12. The fraction of sp³-hybridized carbons (Fsp3) is 0.0541. The summed E-state index contributed by atoms with van der Waals surface area (Å²) < 4.78 is 5.87. The van der Waals surface area contributed by atoms with Crippen molar-refractivity contribution in [2.24, 2.45) is 0 Å². The van der Waals surface area contributed by atoms with Crippen LogP contribution in [0.3, 0.4) is 0 Å². The molecule has 0 radical (unpaired) electrons. The van der Waals surface area contributed by atoms with Crippen LogP contribution in [0.25, 0.3) is 6.08 Å². The van der Waals surface area contributed by atoms with Gasteiger partial charge in [0.05, 0.1) is 5.75 Å². The summed E-state index contributed by atoms with van der Waals surface area (Å²) in [5.41, 5.74) is 3.41. The van der Waals surface area contributed by atoms with Gasteiger partial charge in [0.15, 0.2) is 5.78 Å². The van der Waals surface area contributed by atoms with Crippen molar-refractivity contribution in [2.45, 2.75) is 11.5 Å². The molecule has 2 N–H and O–H groups in total. The molecule has 0 spiro atoms. The molecule has 0 aromatic heterocycles. The van der Waals surface area contributed by atoms with Crippen molar-refractivity contribution in [2.75, 3.05) is 11.1 Å². The number of thioether (sulfide) groups is 1. The van der Waals surface area contributed by atoms with E-state index < -0.39 is 11.8 Å². The Morgan fingerprint density at radius 1 is 0.711 bits per heavy atom. The van der Waals surface area contributed by atoms with E-state index in [1.54, 1.807) is 66.7 Å². The molecule has 0 atom stereocenters. The summed E-state index contributed by atoms with van der Waals surface area (Å²) >= 11 is 7.31. The predicted octanol–water partition coefficient (Wildman–Crippen LogP) is 8.30. The van der Waals surface area contributed by atoms with Crippen molar-refractivity contribution in [3.8, 4) is 5.75 Å². The Morgan fingerprint density at radius 3 is 2.02 bits per heavy atom. The quantitative estimate of drug-likeness (QED) is 0.0821. The largest absolute Gasteiger partial charge is 0.489 e. The van der Waals surface area contributed by atoms with Crippen LogP contribution in [0.1, 0.15) is 31.8 Å². The average molecular weight is 633 g/mol. The summed E-state index contributed by atoms with van der Waals surface area (Å²) in [7, 11) is 0. The summed E-state index contributed by atoms with van der Waals surface area (Å²) in [6.45, 7) is 0.437. The maximum absolute atomic E-state index is 13.4. The van der Waals surface area contributed by atoms with Gasteiger partial charge >= 0.3 is 0 Å². The lowest BCUT2D eigenvalue weighted by molar-refractivity contribution is -0.113. The maximum Gasteiger partial charge on any atom is 0.272 e. The molecule has 0 saturated carbocycles. The molecule has 45 heavy (non-hydrogen) atoms. The molecule has 5 rings (SSSR count). The number of carbonyl (C=O) groups excluding carboxylic acids is 3. The molecule has 2 amide bonds. The Morgan fingerprint density at radius 2 is 1.36 bits per heavy atom. The number of Topliss-reactive ketones (excluding diaryl/α,β-unsaturated/α-hetero) is 1. The number of halogens is 1. The zero-order chi connectivity index (χ0) is 31.4. The predicted molar refractivity (Wildman–Crippen MR) is 181 cm³/mol. The fourth-order valence-electron chi connectivity index (χ4n) is 4.21. The van der Waals surface area contributed by atoms with Crippen molar-refractivity contribution in [1.82, 2.24) is 5.32 Å². The molecule has 5 aromatic carbocycles. The first-order chi connectivity index (χ1) is 21.9. The van der Waals surface area contributed by atoms with Crippen molar-refractivity contribution in [3.05, 3.63) is 166 Å². The second-order valence-corrected chi connectivity index (χ2v) is 11.4. The summed E-state index contributed by atoms with van der Waals surface area (Å²) in [5.74, 6) is 0.0535. The van der Waals surface area contributed by atoms with Crippen molar-refractivity contribution in [1.29, 1.82) is 0 Å². The standard InChI is InChI=1S/C37H29ClN2O4S/c38-30-15-13-28(14-16-30)35(41)25-45-33-21-17-31(18-22-33)39-37(43)34(40-36(42)29-9-5-2-6-10-29)23-26-11-19-32(20-12-26)44-24-27-7-3-1-4-8-27/h1-23H,24-25H2,(H,39,43)(H,40,42)/b34-23-. The van der Waals surface area contributed by atoms with Gasteiger partial charge in [-0.1, -0.05) is 72.3 Å². The number of amides is 2. The van der Waals surface area contributed by atoms with Crippen molar-refractivity contribution in [3.63, 3.8) is 0 Å². The second kappa shape index (κ2) is 15.6. The Labute approximate surface area is 271 Å². The monoisotopic (exact) mass is 632 g/mol. The minimum Gasteiger partial charge on any atom is -0.489 e. The molecule has 0 aliphatic carbocycles. The number of benzene rings is 5. The van der Waals surface area contributed by atoms with Gasteiger partial charge < -0.3 is 15.4 Å². The highest BCUT2D eigenvalue weighted by atomic mass is 35.5. The average Bonchev–Trinajstić information content (AvgIpc) is 3.08. The molecular weight excluding hydrogens is 604 g/mol. The van der Waals surface area contributed by atoms with Crippen LogP contribution in [0.15, 0.2) is 144 Å². The summed E-state index contributed by atoms with van der Waals surface area (Å²) in [6.07, 6.45) is 1.61. The summed E-state index contributed by atoms with van der Waals surface area (Å²) in [6, 6.07) is 39.8. The van der Waals surface area contributed by atoms with Crippen molar-refractivity contribution >= 4 is 52.7 Å². The molecule has 0 aliphatic heterocycles. The highest BCUT2D eigenvalue weighted by Crippen LogP contribution is 2.23. The van der Waals surface area contributed by atoms with E-state index in [1.807, 2.05) is 72.8 Å². The summed E-state index contributed by atoms with van der Waals surface area (Å²) in [4.78, 5) is 39.8. The van der Waals surface area contributed by atoms with E-state index in [1.165, 1.54) is 11.8 Å². The maximum atomic E-state index is 13.4. The van der Waals surface area contributed by atoms with Crippen LogP contribution in [-0.2, 0) is 11.4 Å². The zero-order valence-corrected chi connectivity index (χ0v) is 25.7. The lowest BCUT2D eigenvalue weighted by atomic mass is 10.1. The van der Waals surface area contributed by atoms with E-state index in [0.29, 0.717) is 39.8 Å². The first-order valence-corrected chi connectivity index (χ1v) is 15.5. The zero-order valence-electron chi connectivity index (χ0n) is 24.1. The van der Waals surface area contributed by atoms with Crippen LogP contribution in [0.4, 0.5) is 5.69 Å². The van der Waals surface area contributed by atoms with Crippen LogP contribution in [-0.4, -0.2) is 23.4 Å². The first-order valence-electron chi connectivity index (χ1n) is 14.1. The third-order valence-corrected chi connectivity index (χ3v) is 7.88. The van der Waals surface area contributed by atoms with Gasteiger partial charge in [0.25, 0.3) is 11.8 Å². The molecular formula is C37H29ClN2O4S. The molecule has 0 unspecified atom stereocenters. The lowest BCUT2D eigenvalue weighted by Crippen LogP contribution is -2.30. The Bertz CT molecular complexity index is 1780. The smallest absolute Gasteiger partial charge is 0.272 e. The number of anilines is 1. The van der Waals surface area contributed by atoms with Crippen molar-refractivity contribution < 1.29 is 19.1 Å². The molecule has 0 heterocycles. The molecule has 0 bridgehead atoms. The number of hydrogen-bond donors (Lipinski definition) is 2.